The van der Waals surface area contributed by atoms with Crippen molar-refractivity contribution in [1.29, 1.82) is 5.26 Å². The van der Waals surface area contributed by atoms with Gasteiger partial charge in [-0.2, -0.15) is 14.9 Å². The summed E-state index contributed by atoms with van der Waals surface area (Å²) in [5, 5.41) is 23.2. The Kier molecular flexibility index (Phi) is 3.94. The Balaban J connectivity index is 1.90. The minimum atomic E-state index is -0.537. The van der Waals surface area contributed by atoms with Crippen molar-refractivity contribution in [2.45, 2.75) is 6.92 Å². The number of anilines is 2. The van der Waals surface area contributed by atoms with E-state index in [0.717, 1.165) is 0 Å². The number of nitrogens with one attached hydrogen (secondary N) is 1. The number of benzene rings is 1. The molecule has 0 bridgehead atoms. The molecule has 0 radical (unpaired) electrons. The zero-order valence-corrected chi connectivity index (χ0v) is 12.7. The van der Waals surface area contributed by atoms with Gasteiger partial charge in [-0.1, -0.05) is 6.07 Å². The molecule has 9 nitrogen and oxygen atoms in total. The summed E-state index contributed by atoms with van der Waals surface area (Å²) in [6.45, 7) is 2.39. The average Bonchev–Trinajstić information content (AvgIpc) is 2.99. The largest absolute Gasteiger partial charge is 0.494 e. The number of nitriles is 1. The van der Waals surface area contributed by atoms with Crippen LogP contribution in [0, 0.1) is 11.3 Å². The minimum Gasteiger partial charge on any atom is -0.494 e. The second-order valence-electron chi connectivity index (χ2n) is 4.75. The Labute approximate surface area is 136 Å². The third kappa shape index (κ3) is 2.68. The van der Waals surface area contributed by atoms with Crippen molar-refractivity contribution in [3.63, 3.8) is 0 Å². The lowest BCUT2D eigenvalue weighted by Gasteiger charge is -2.09. The number of hydrogen-bond acceptors (Lipinski definition) is 7. The summed E-state index contributed by atoms with van der Waals surface area (Å²) in [7, 11) is 0. The van der Waals surface area contributed by atoms with Gasteiger partial charge >= 0.3 is 0 Å². The number of rotatable bonds is 4. The number of fused-ring (bicyclic) bond motifs is 1. The SMILES string of the molecule is CCOc1cccc(NC(=O)c2nnc3c(C#N)cnn3c2N)c1. The number of ether oxygens (including phenoxy) is 1. The molecule has 9 heteroatoms. The van der Waals surface area contributed by atoms with Crippen molar-refractivity contribution in [2.24, 2.45) is 0 Å². The molecule has 0 fully saturated rings. The molecule has 120 valence electrons. The molecule has 0 atom stereocenters. The Morgan fingerprint density at radius 3 is 3.04 bits per heavy atom. The number of hydrogen-bond donors (Lipinski definition) is 2. The van der Waals surface area contributed by atoms with E-state index in [1.54, 1.807) is 24.3 Å². The standard InChI is InChI=1S/C15H13N7O2/c1-2-24-11-5-3-4-10(6-11)19-15(23)12-13(17)22-14(21-20-12)9(7-16)8-18-22/h3-6,8H,2,17H2,1H3,(H,19,23). The maximum Gasteiger partial charge on any atom is 0.280 e. The van der Waals surface area contributed by atoms with Crippen LogP contribution >= 0.6 is 0 Å². The quantitative estimate of drug-likeness (QED) is 0.738. The van der Waals surface area contributed by atoms with Gasteiger partial charge in [-0.15, -0.1) is 10.2 Å². The Morgan fingerprint density at radius 2 is 2.29 bits per heavy atom. The number of nitrogens with zero attached hydrogens (tertiary/aromatic N) is 5. The molecular weight excluding hydrogens is 310 g/mol. The van der Waals surface area contributed by atoms with Crippen LogP contribution in [0.5, 0.6) is 5.75 Å². The summed E-state index contributed by atoms with van der Waals surface area (Å²) in [6, 6.07) is 8.87. The van der Waals surface area contributed by atoms with Crippen LogP contribution < -0.4 is 15.8 Å². The lowest BCUT2D eigenvalue weighted by Crippen LogP contribution is -2.19. The molecule has 0 aliphatic carbocycles. The molecule has 0 aliphatic heterocycles. The monoisotopic (exact) mass is 323 g/mol. The molecular formula is C15H13N7O2. The first-order chi connectivity index (χ1) is 11.6. The van der Waals surface area contributed by atoms with Crippen LogP contribution in [-0.4, -0.2) is 32.3 Å². The van der Waals surface area contributed by atoms with Gasteiger partial charge < -0.3 is 15.8 Å². The Morgan fingerprint density at radius 1 is 1.46 bits per heavy atom. The molecule has 24 heavy (non-hydrogen) atoms. The van der Waals surface area contributed by atoms with E-state index < -0.39 is 5.91 Å². The molecule has 3 N–H and O–H groups in total. The van der Waals surface area contributed by atoms with Crippen molar-refractivity contribution >= 4 is 23.1 Å². The lowest BCUT2D eigenvalue weighted by atomic mass is 10.3. The van der Waals surface area contributed by atoms with Gasteiger partial charge in [0.15, 0.2) is 17.2 Å². The van der Waals surface area contributed by atoms with Crippen molar-refractivity contribution in [1.82, 2.24) is 19.8 Å². The van der Waals surface area contributed by atoms with Crippen molar-refractivity contribution < 1.29 is 9.53 Å². The summed E-state index contributed by atoms with van der Waals surface area (Å²) in [6.07, 6.45) is 1.31. The van der Waals surface area contributed by atoms with E-state index in [1.807, 2.05) is 13.0 Å². The third-order valence-corrected chi connectivity index (χ3v) is 3.20. The number of amides is 1. The number of aromatic nitrogens is 4. The van der Waals surface area contributed by atoms with Gasteiger partial charge in [-0.25, -0.2) is 0 Å². The van der Waals surface area contributed by atoms with E-state index in [9.17, 15) is 4.79 Å². The van der Waals surface area contributed by atoms with Crippen LogP contribution in [0.3, 0.4) is 0 Å². The highest BCUT2D eigenvalue weighted by Crippen LogP contribution is 2.19. The van der Waals surface area contributed by atoms with Crippen LogP contribution in [0.4, 0.5) is 11.5 Å². The maximum absolute atomic E-state index is 12.4. The minimum absolute atomic E-state index is 0.0000345. The third-order valence-electron chi connectivity index (χ3n) is 3.20. The van der Waals surface area contributed by atoms with Crippen LogP contribution in [-0.2, 0) is 0 Å². The van der Waals surface area contributed by atoms with E-state index in [2.05, 4.69) is 20.6 Å². The van der Waals surface area contributed by atoms with Gasteiger partial charge in [0.2, 0.25) is 0 Å². The number of nitrogens with two attached hydrogens (primary N) is 1. The van der Waals surface area contributed by atoms with Gasteiger partial charge in [-0.05, 0) is 19.1 Å². The second kappa shape index (κ2) is 6.21. The van der Waals surface area contributed by atoms with Crippen LogP contribution in [0.2, 0.25) is 0 Å². The van der Waals surface area contributed by atoms with Gasteiger partial charge in [0.1, 0.15) is 17.4 Å². The first-order valence-corrected chi connectivity index (χ1v) is 7.08. The molecule has 0 saturated carbocycles. The average molecular weight is 323 g/mol. The van der Waals surface area contributed by atoms with Crippen LogP contribution in [0.1, 0.15) is 23.0 Å². The fourth-order valence-electron chi connectivity index (χ4n) is 2.12. The highest BCUT2D eigenvalue weighted by atomic mass is 16.5. The van der Waals surface area contributed by atoms with E-state index in [-0.39, 0.29) is 22.7 Å². The predicted molar refractivity (Wildman–Crippen MR) is 85.5 cm³/mol. The summed E-state index contributed by atoms with van der Waals surface area (Å²) in [5.74, 6) is 0.0973. The fraction of sp³-hybridized carbons (Fsp3) is 0.133. The van der Waals surface area contributed by atoms with Crippen LogP contribution in [0.15, 0.2) is 30.5 Å². The smallest absolute Gasteiger partial charge is 0.280 e. The zero-order chi connectivity index (χ0) is 17.1. The molecule has 0 spiro atoms. The summed E-state index contributed by atoms with van der Waals surface area (Å²) < 4.78 is 6.59. The second-order valence-corrected chi connectivity index (χ2v) is 4.75. The molecule has 0 unspecified atom stereocenters. The number of carbonyl (C=O) groups excluding carboxylic acids is 1. The summed E-state index contributed by atoms with van der Waals surface area (Å²) >= 11 is 0. The Bertz CT molecular complexity index is 958. The maximum atomic E-state index is 12.4. The van der Waals surface area contributed by atoms with Crippen molar-refractivity contribution in [3.05, 3.63) is 41.7 Å². The molecule has 2 heterocycles. The van der Waals surface area contributed by atoms with E-state index in [0.29, 0.717) is 18.0 Å². The first-order valence-electron chi connectivity index (χ1n) is 7.08. The Hall–Kier alpha value is -3.67. The molecule has 0 aliphatic rings. The normalized spacial score (nSPS) is 10.3. The fourth-order valence-corrected chi connectivity index (χ4v) is 2.12. The van der Waals surface area contributed by atoms with E-state index in [4.69, 9.17) is 15.7 Å². The van der Waals surface area contributed by atoms with Gasteiger partial charge in [0, 0.05) is 11.8 Å². The van der Waals surface area contributed by atoms with Gasteiger partial charge in [0.05, 0.1) is 12.8 Å². The van der Waals surface area contributed by atoms with Gasteiger partial charge in [-0.3, -0.25) is 4.79 Å². The van der Waals surface area contributed by atoms with Gasteiger partial charge in [0.25, 0.3) is 5.91 Å². The predicted octanol–water partition coefficient (Wildman–Crippen LogP) is 1.23. The molecule has 0 saturated heterocycles. The molecule has 2 aromatic heterocycles. The van der Waals surface area contributed by atoms with E-state index in [1.165, 1.54) is 10.7 Å². The number of carbonyl (C=O) groups is 1. The summed E-state index contributed by atoms with van der Waals surface area (Å²) in [5.41, 5.74) is 6.80. The number of nitrogen functional groups attached to an aromatic ring is 1. The molecule has 3 aromatic rings. The molecule has 1 amide bonds. The highest BCUT2D eigenvalue weighted by molar-refractivity contribution is 6.05. The van der Waals surface area contributed by atoms with Crippen LogP contribution in [0.25, 0.3) is 5.65 Å². The molecule has 3 rings (SSSR count). The lowest BCUT2D eigenvalue weighted by molar-refractivity contribution is 0.102. The topological polar surface area (TPSA) is 131 Å². The van der Waals surface area contributed by atoms with Crippen molar-refractivity contribution in [2.75, 3.05) is 17.7 Å². The zero-order valence-electron chi connectivity index (χ0n) is 12.7. The highest BCUT2D eigenvalue weighted by Gasteiger charge is 2.18. The van der Waals surface area contributed by atoms with E-state index >= 15 is 0 Å². The first kappa shape index (κ1) is 15.2. The summed E-state index contributed by atoms with van der Waals surface area (Å²) in [4.78, 5) is 12.4. The molecule has 1 aromatic carbocycles. The van der Waals surface area contributed by atoms with Crippen molar-refractivity contribution in [3.8, 4) is 11.8 Å².